The van der Waals surface area contributed by atoms with Crippen LogP contribution in [0, 0.1) is 0 Å². The number of rotatable bonds is 10. The second kappa shape index (κ2) is 10.2. The normalized spacial score (nSPS) is 11.6. The Morgan fingerprint density at radius 2 is 1.78 bits per heavy atom. The summed E-state index contributed by atoms with van der Waals surface area (Å²) >= 11 is 0.492. The van der Waals surface area contributed by atoms with Crippen molar-refractivity contribution in [3.8, 4) is 0 Å². The molecule has 0 fully saturated rings. The van der Waals surface area contributed by atoms with Gasteiger partial charge in [-0.1, -0.05) is 0 Å². The third-order valence-corrected chi connectivity index (χ3v) is 16.2. The monoisotopic (exact) mass is 374 g/mol. The number of hydrogen-bond acceptors (Lipinski definition) is 2. The maximum absolute atomic E-state index is 4.68. The Morgan fingerprint density at radius 1 is 1.11 bits per heavy atom. The van der Waals surface area contributed by atoms with E-state index in [1.54, 1.807) is 3.02 Å². The third-order valence-electron chi connectivity index (χ3n) is 3.53. The van der Waals surface area contributed by atoms with Crippen molar-refractivity contribution < 1.29 is 0 Å². The van der Waals surface area contributed by atoms with Gasteiger partial charge in [0.15, 0.2) is 0 Å². The van der Waals surface area contributed by atoms with Gasteiger partial charge in [0.1, 0.15) is 0 Å². The van der Waals surface area contributed by atoms with E-state index in [-0.39, 0.29) is 0 Å². The van der Waals surface area contributed by atoms with E-state index in [9.17, 15) is 0 Å². The van der Waals surface area contributed by atoms with Gasteiger partial charge in [0.2, 0.25) is 0 Å². The van der Waals surface area contributed by atoms with E-state index in [1.807, 2.05) is 17.5 Å². The standard InChI is InChI=1S/C9H19.C3H2NS.C3H7.Sn/c1-3-5-7-9-8-6-4-2;1-2-5-3-4-1;1-3-2;/h9H,3-8H2,1-2H3;1-2H;1,3H2,2H3;. The van der Waals surface area contributed by atoms with Gasteiger partial charge in [0.25, 0.3) is 0 Å². The molecular weight excluding hydrogens is 345 g/mol. The number of unbranched alkanes of at least 4 members (excludes halogenated alkanes) is 2. The molecule has 0 spiro atoms. The van der Waals surface area contributed by atoms with Crippen molar-refractivity contribution in [2.45, 2.75) is 74.1 Å². The van der Waals surface area contributed by atoms with Crippen LogP contribution in [0.25, 0.3) is 0 Å². The van der Waals surface area contributed by atoms with E-state index in [1.165, 1.54) is 49.4 Å². The summed E-state index contributed by atoms with van der Waals surface area (Å²) in [4.78, 5) is 4.68. The van der Waals surface area contributed by atoms with E-state index in [0.29, 0.717) is 0 Å². The molecule has 3 heteroatoms. The van der Waals surface area contributed by atoms with Gasteiger partial charge in [-0.05, 0) is 0 Å². The zero-order chi connectivity index (χ0) is 13.2. The number of thiazole rings is 1. The van der Waals surface area contributed by atoms with Crippen molar-refractivity contribution in [1.29, 1.82) is 0 Å². The van der Waals surface area contributed by atoms with Crippen LogP contribution < -0.4 is 3.02 Å². The Kier molecular flexibility index (Phi) is 9.38. The molecule has 1 aromatic heterocycles. The van der Waals surface area contributed by atoms with Gasteiger partial charge in [0.05, 0.1) is 0 Å². The Morgan fingerprint density at radius 3 is 2.22 bits per heavy atom. The van der Waals surface area contributed by atoms with E-state index >= 15 is 0 Å². The summed E-state index contributed by atoms with van der Waals surface area (Å²) in [5.74, 6) is 0. The fourth-order valence-electron chi connectivity index (χ4n) is 2.53. The van der Waals surface area contributed by atoms with Crippen LogP contribution in [-0.4, -0.2) is 24.7 Å². The van der Waals surface area contributed by atoms with Gasteiger partial charge in [-0.3, -0.25) is 0 Å². The van der Waals surface area contributed by atoms with Crippen LogP contribution in [0.15, 0.2) is 11.6 Å². The molecule has 0 aliphatic rings. The van der Waals surface area contributed by atoms with Crippen molar-refractivity contribution in [3.05, 3.63) is 11.6 Å². The summed E-state index contributed by atoms with van der Waals surface area (Å²) in [6, 6.07) is 0. The zero-order valence-electron chi connectivity index (χ0n) is 12.2. The molecule has 0 bridgehead atoms. The first-order valence-electron chi connectivity index (χ1n) is 7.59. The first-order chi connectivity index (χ1) is 8.83. The Bertz CT molecular complexity index is 279. The van der Waals surface area contributed by atoms with Gasteiger partial charge < -0.3 is 0 Å². The minimum atomic E-state index is -1.45. The second-order valence-electron chi connectivity index (χ2n) is 5.09. The molecule has 0 saturated heterocycles. The van der Waals surface area contributed by atoms with Crippen LogP contribution in [0.1, 0.15) is 65.7 Å². The Balaban J connectivity index is 2.69. The van der Waals surface area contributed by atoms with Crippen LogP contribution in [0.3, 0.4) is 0 Å². The SMILES string of the molecule is CCCC[CH](CCCC)[Sn]([CH2]CC)[c]1nccs1. The van der Waals surface area contributed by atoms with E-state index in [2.05, 4.69) is 31.1 Å². The molecule has 1 rings (SSSR count). The van der Waals surface area contributed by atoms with E-state index in [4.69, 9.17) is 0 Å². The zero-order valence-corrected chi connectivity index (χ0v) is 15.9. The summed E-state index contributed by atoms with van der Waals surface area (Å²) in [6.45, 7) is 7.00. The maximum atomic E-state index is 4.68. The summed E-state index contributed by atoms with van der Waals surface area (Å²) in [5.41, 5.74) is 0. The van der Waals surface area contributed by atoms with E-state index in [0.717, 1.165) is 3.93 Å². The molecule has 1 radical (unpaired) electrons. The van der Waals surface area contributed by atoms with Crippen molar-refractivity contribution in [2.24, 2.45) is 0 Å². The van der Waals surface area contributed by atoms with Gasteiger partial charge in [-0.25, -0.2) is 0 Å². The molecule has 1 nitrogen and oxygen atoms in total. The predicted octanol–water partition coefficient (Wildman–Crippen LogP) is 5.01. The van der Waals surface area contributed by atoms with Gasteiger partial charge in [-0.15, -0.1) is 0 Å². The molecular formula is C15H28NSSn. The summed E-state index contributed by atoms with van der Waals surface area (Å²) in [5, 5.41) is 2.18. The molecule has 0 amide bonds. The molecule has 0 atom stereocenters. The number of hydrogen-bond donors (Lipinski definition) is 0. The van der Waals surface area contributed by atoms with Gasteiger partial charge in [-0.2, -0.15) is 0 Å². The summed E-state index contributed by atoms with van der Waals surface area (Å²) in [6.07, 6.45) is 11.9. The van der Waals surface area contributed by atoms with Crippen LogP contribution in [0.5, 0.6) is 0 Å². The average Bonchev–Trinajstić information content (AvgIpc) is 2.90. The molecule has 0 aromatic carbocycles. The van der Waals surface area contributed by atoms with Crippen molar-refractivity contribution in [3.63, 3.8) is 0 Å². The Labute approximate surface area is 124 Å². The Hall–Kier alpha value is 0.429. The van der Waals surface area contributed by atoms with Gasteiger partial charge in [0, 0.05) is 0 Å². The van der Waals surface area contributed by atoms with Crippen LogP contribution >= 0.6 is 11.3 Å². The summed E-state index contributed by atoms with van der Waals surface area (Å²) in [7, 11) is 0. The molecule has 18 heavy (non-hydrogen) atoms. The molecule has 1 aromatic rings. The molecule has 103 valence electrons. The molecule has 0 saturated carbocycles. The van der Waals surface area contributed by atoms with Crippen LogP contribution in [0.4, 0.5) is 0 Å². The van der Waals surface area contributed by atoms with Crippen molar-refractivity contribution in [2.75, 3.05) is 0 Å². The van der Waals surface area contributed by atoms with Crippen LogP contribution in [0.2, 0.25) is 8.37 Å². The van der Waals surface area contributed by atoms with Crippen molar-refractivity contribution >= 4 is 34.1 Å². The predicted molar refractivity (Wildman–Crippen MR) is 85.4 cm³/mol. The quantitative estimate of drug-likeness (QED) is 0.526. The van der Waals surface area contributed by atoms with Gasteiger partial charge >= 0.3 is 125 Å². The van der Waals surface area contributed by atoms with Crippen LogP contribution in [-0.2, 0) is 0 Å². The van der Waals surface area contributed by atoms with Crippen molar-refractivity contribution in [1.82, 2.24) is 4.98 Å². The first-order valence-corrected chi connectivity index (χ1v) is 13.6. The third kappa shape index (κ3) is 5.60. The number of aromatic nitrogens is 1. The molecule has 1 heterocycles. The summed E-state index contributed by atoms with van der Waals surface area (Å²) < 4.78 is 4.14. The fourth-order valence-corrected chi connectivity index (χ4v) is 14.9. The molecule has 0 aliphatic heterocycles. The van der Waals surface area contributed by atoms with E-state index < -0.39 is 19.8 Å². The average molecular weight is 373 g/mol. The minimum absolute atomic E-state index is 1.05. The number of nitrogens with zero attached hydrogens (tertiary/aromatic N) is 1. The fraction of sp³-hybridized carbons (Fsp3) is 0.800. The molecule has 0 unspecified atom stereocenters. The molecule has 0 N–H and O–H groups in total. The second-order valence-corrected chi connectivity index (χ2v) is 15.1. The molecule has 0 aliphatic carbocycles. The topological polar surface area (TPSA) is 12.9 Å². The first kappa shape index (κ1) is 16.5.